The van der Waals surface area contributed by atoms with Crippen LogP contribution in [0.25, 0.3) is 10.2 Å². The van der Waals surface area contributed by atoms with Crippen LogP contribution in [0.4, 0.5) is 5.82 Å². The zero-order valence-corrected chi connectivity index (χ0v) is 11.0. The van der Waals surface area contributed by atoms with Crippen LogP contribution in [-0.4, -0.2) is 34.8 Å². The third-order valence-corrected chi connectivity index (χ3v) is 4.13. The Morgan fingerprint density at radius 1 is 1.56 bits per heavy atom. The Balaban J connectivity index is 1.81. The number of aromatic nitrogens is 2. The predicted molar refractivity (Wildman–Crippen MR) is 72.8 cm³/mol. The normalized spacial score (nSPS) is 27.1. The van der Waals surface area contributed by atoms with E-state index in [1.165, 1.54) is 0 Å². The Kier molecular flexibility index (Phi) is 3.15. The van der Waals surface area contributed by atoms with Gasteiger partial charge in [-0.3, -0.25) is 0 Å². The summed E-state index contributed by atoms with van der Waals surface area (Å²) in [5.41, 5.74) is 6.03. The maximum atomic E-state index is 6.03. The fourth-order valence-corrected chi connectivity index (χ4v) is 3.02. The van der Waals surface area contributed by atoms with Gasteiger partial charge in [-0.25, -0.2) is 9.97 Å². The molecule has 1 saturated carbocycles. The summed E-state index contributed by atoms with van der Waals surface area (Å²) in [6.07, 6.45) is 2.68. The molecule has 18 heavy (non-hydrogen) atoms. The van der Waals surface area contributed by atoms with Gasteiger partial charge in [-0.2, -0.15) is 0 Å². The highest BCUT2D eigenvalue weighted by molar-refractivity contribution is 7.16. The van der Waals surface area contributed by atoms with Crippen molar-refractivity contribution >= 4 is 27.4 Å². The monoisotopic (exact) mass is 264 g/mol. The van der Waals surface area contributed by atoms with Crippen molar-refractivity contribution in [1.82, 2.24) is 9.97 Å². The van der Waals surface area contributed by atoms with Gasteiger partial charge in [0.25, 0.3) is 0 Å². The Labute approximate surface area is 109 Å². The Bertz CT molecular complexity index is 542. The smallest absolute Gasteiger partial charge is 0.138 e. The van der Waals surface area contributed by atoms with Crippen molar-refractivity contribution in [2.24, 2.45) is 5.73 Å². The lowest BCUT2D eigenvalue weighted by Gasteiger charge is -2.42. The topological polar surface area (TPSA) is 73.1 Å². The molecule has 1 aliphatic carbocycles. The van der Waals surface area contributed by atoms with Crippen molar-refractivity contribution in [3.63, 3.8) is 0 Å². The average molecular weight is 264 g/mol. The van der Waals surface area contributed by atoms with Crippen LogP contribution in [0.5, 0.6) is 0 Å². The number of anilines is 1. The van der Waals surface area contributed by atoms with Crippen molar-refractivity contribution < 1.29 is 4.74 Å². The van der Waals surface area contributed by atoms with Gasteiger partial charge in [-0.15, -0.1) is 11.3 Å². The molecule has 0 aliphatic heterocycles. The summed E-state index contributed by atoms with van der Waals surface area (Å²) >= 11 is 1.61. The van der Waals surface area contributed by atoms with Crippen LogP contribution in [0.3, 0.4) is 0 Å². The van der Waals surface area contributed by atoms with Gasteiger partial charge in [0, 0.05) is 12.6 Å². The molecule has 96 valence electrons. The van der Waals surface area contributed by atoms with Gasteiger partial charge >= 0.3 is 0 Å². The highest BCUT2D eigenvalue weighted by Crippen LogP contribution is 2.29. The summed E-state index contributed by atoms with van der Waals surface area (Å²) < 4.78 is 5.64. The lowest BCUT2D eigenvalue weighted by molar-refractivity contribution is -0.0126. The van der Waals surface area contributed by atoms with E-state index in [0.29, 0.717) is 6.61 Å². The second-order valence-electron chi connectivity index (χ2n) is 4.43. The molecule has 0 radical (unpaired) electrons. The molecule has 3 rings (SSSR count). The van der Waals surface area contributed by atoms with E-state index in [4.69, 9.17) is 10.5 Å². The lowest BCUT2D eigenvalue weighted by atomic mass is 9.83. The minimum absolute atomic E-state index is 0.130. The third kappa shape index (κ3) is 1.96. The first-order valence-electron chi connectivity index (χ1n) is 6.11. The van der Waals surface area contributed by atoms with E-state index in [0.717, 1.165) is 22.5 Å². The Hall–Kier alpha value is -1.24. The molecule has 3 atom stereocenters. The number of ether oxygens (including phenoxy) is 1. The molecule has 1 fully saturated rings. The zero-order chi connectivity index (χ0) is 12.5. The van der Waals surface area contributed by atoms with Crippen molar-refractivity contribution in [3.05, 3.63) is 17.8 Å². The second kappa shape index (κ2) is 4.79. The highest BCUT2D eigenvalue weighted by Gasteiger charge is 2.39. The van der Waals surface area contributed by atoms with Crippen molar-refractivity contribution in [2.45, 2.75) is 31.5 Å². The molecule has 5 nitrogen and oxygen atoms in total. The lowest BCUT2D eigenvalue weighted by Crippen LogP contribution is -2.60. The first kappa shape index (κ1) is 11.8. The van der Waals surface area contributed by atoms with E-state index in [1.807, 2.05) is 18.4 Å². The van der Waals surface area contributed by atoms with E-state index in [2.05, 4.69) is 15.3 Å². The van der Waals surface area contributed by atoms with Gasteiger partial charge in [-0.1, -0.05) is 0 Å². The standard InChI is InChI=1S/C12H16N4OS/c1-2-17-9-5-8(13)10(9)16-11-7-3-4-18-12(7)15-6-14-11/h3-4,6,8-10H,2,5,13H2,1H3,(H,14,15,16). The Morgan fingerprint density at radius 3 is 3.22 bits per heavy atom. The third-order valence-electron chi connectivity index (χ3n) is 3.31. The summed E-state index contributed by atoms with van der Waals surface area (Å²) in [6, 6.07) is 2.30. The number of nitrogens with two attached hydrogens (primary N) is 1. The predicted octanol–water partition coefficient (Wildman–Crippen LogP) is 1.61. The SMILES string of the molecule is CCOC1CC(N)C1Nc1ncnc2sccc12. The fourth-order valence-electron chi connectivity index (χ4n) is 2.29. The van der Waals surface area contributed by atoms with E-state index < -0.39 is 0 Å². The summed E-state index contributed by atoms with van der Waals surface area (Å²) in [7, 11) is 0. The number of nitrogens with one attached hydrogen (secondary N) is 1. The van der Waals surface area contributed by atoms with Crippen LogP contribution in [0.15, 0.2) is 17.8 Å². The van der Waals surface area contributed by atoms with E-state index >= 15 is 0 Å². The quantitative estimate of drug-likeness (QED) is 0.877. The molecule has 0 amide bonds. The Morgan fingerprint density at radius 2 is 2.44 bits per heavy atom. The van der Waals surface area contributed by atoms with Crippen LogP contribution in [0.2, 0.25) is 0 Å². The minimum Gasteiger partial charge on any atom is -0.376 e. The molecule has 3 N–H and O–H groups in total. The average Bonchev–Trinajstić information content (AvgIpc) is 2.84. The van der Waals surface area contributed by atoms with Gasteiger partial charge in [0.15, 0.2) is 0 Å². The number of thiophene rings is 1. The number of nitrogens with zero attached hydrogens (tertiary/aromatic N) is 2. The van der Waals surface area contributed by atoms with Crippen molar-refractivity contribution in [1.29, 1.82) is 0 Å². The van der Waals surface area contributed by atoms with Crippen LogP contribution in [0, 0.1) is 0 Å². The van der Waals surface area contributed by atoms with E-state index in [-0.39, 0.29) is 18.2 Å². The summed E-state index contributed by atoms with van der Waals surface area (Å²) in [5.74, 6) is 0.853. The number of rotatable bonds is 4. The van der Waals surface area contributed by atoms with Crippen molar-refractivity contribution in [3.8, 4) is 0 Å². The second-order valence-corrected chi connectivity index (χ2v) is 5.32. The summed E-state index contributed by atoms with van der Waals surface area (Å²) in [4.78, 5) is 9.53. The molecule has 0 spiro atoms. The molecule has 2 heterocycles. The molecule has 6 heteroatoms. The summed E-state index contributed by atoms with van der Waals surface area (Å²) in [5, 5.41) is 6.47. The fraction of sp³-hybridized carbons (Fsp3) is 0.500. The molecule has 1 aliphatic rings. The van der Waals surface area contributed by atoms with Gasteiger partial charge in [0.1, 0.15) is 17.0 Å². The van der Waals surface area contributed by atoms with Crippen LogP contribution < -0.4 is 11.1 Å². The van der Waals surface area contributed by atoms with Crippen LogP contribution in [0.1, 0.15) is 13.3 Å². The molecule has 0 saturated heterocycles. The minimum atomic E-state index is 0.130. The van der Waals surface area contributed by atoms with Crippen LogP contribution in [-0.2, 0) is 4.74 Å². The van der Waals surface area contributed by atoms with E-state index in [1.54, 1.807) is 17.7 Å². The number of fused-ring (bicyclic) bond motifs is 1. The van der Waals surface area contributed by atoms with E-state index in [9.17, 15) is 0 Å². The van der Waals surface area contributed by atoms with Gasteiger partial charge in [-0.05, 0) is 24.8 Å². The molecule has 3 unspecified atom stereocenters. The molecule has 0 aromatic carbocycles. The maximum Gasteiger partial charge on any atom is 0.138 e. The molecule has 2 aromatic rings. The first-order chi connectivity index (χ1) is 8.79. The zero-order valence-electron chi connectivity index (χ0n) is 10.2. The molecule has 2 aromatic heterocycles. The maximum absolute atomic E-state index is 6.03. The van der Waals surface area contributed by atoms with Gasteiger partial charge < -0.3 is 15.8 Å². The van der Waals surface area contributed by atoms with Gasteiger partial charge in [0.05, 0.1) is 17.5 Å². The largest absolute Gasteiger partial charge is 0.376 e. The molecular formula is C12H16N4OS. The highest BCUT2D eigenvalue weighted by atomic mass is 32.1. The van der Waals surface area contributed by atoms with Crippen LogP contribution >= 0.6 is 11.3 Å². The van der Waals surface area contributed by atoms with Crippen molar-refractivity contribution in [2.75, 3.05) is 11.9 Å². The van der Waals surface area contributed by atoms with Gasteiger partial charge in [0.2, 0.25) is 0 Å². The molecular weight excluding hydrogens is 248 g/mol. The first-order valence-corrected chi connectivity index (χ1v) is 6.99. The summed E-state index contributed by atoms with van der Waals surface area (Å²) in [6.45, 7) is 2.72. The number of hydrogen-bond acceptors (Lipinski definition) is 6. The molecule has 0 bridgehead atoms. The number of hydrogen-bond donors (Lipinski definition) is 2.